The van der Waals surface area contributed by atoms with Gasteiger partial charge < -0.3 is 14.8 Å². The number of amides is 1. The highest BCUT2D eigenvalue weighted by Crippen LogP contribution is 2.44. The second-order valence-corrected chi connectivity index (χ2v) is 9.60. The summed E-state index contributed by atoms with van der Waals surface area (Å²) in [7, 11) is 1.47. The summed E-state index contributed by atoms with van der Waals surface area (Å²) >= 11 is 1.50. The maximum absolute atomic E-state index is 12.5. The van der Waals surface area contributed by atoms with Gasteiger partial charge in [0.1, 0.15) is 17.4 Å². The predicted molar refractivity (Wildman–Crippen MR) is 117 cm³/mol. The number of thiophene rings is 1. The smallest absolute Gasteiger partial charge is 0.262 e. The molecule has 0 saturated heterocycles. The third-order valence-corrected chi connectivity index (χ3v) is 6.71. The van der Waals surface area contributed by atoms with Gasteiger partial charge in [-0.25, -0.2) is 0 Å². The van der Waals surface area contributed by atoms with Gasteiger partial charge in [-0.2, -0.15) is 5.26 Å². The van der Waals surface area contributed by atoms with Gasteiger partial charge in [0, 0.05) is 10.4 Å². The molecule has 0 bridgehead atoms. The second-order valence-electron chi connectivity index (χ2n) is 8.49. The molecule has 0 spiro atoms. The number of fused-ring (bicyclic) bond motifs is 1. The van der Waals surface area contributed by atoms with E-state index >= 15 is 0 Å². The number of methoxy groups -OCH3 is 1. The molecule has 0 unspecified atom stereocenters. The Morgan fingerprint density at radius 3 is 2.77 bits per heavy atom. The van der Waals surface area contributed by atoms with E-state index in [1.165, 1.54) is 23.3 Å². The summed E-state index contributed by atoms with van der Waals surface area (Å²) in [6, 6.07) is 7.00. The molecule has 1 aliphatic carbocycles. The van der Waals surface area contributed by atoms with E-state index in [1.54, 1.807) is 18.2 Å². The lowest BCUT2D eigenvalue weighted by Gasteiger charge is -2.33. The molecule has 1 aromatic carbocycles. The summed E-state index contributed by atoms with van der Waals surface area (Å²) in [5.74, 6) is 0.963. The van der Waals surface area contributed by atoms with E-state index in [2.05, 4.69) is 32.2 Å². The SMILES string of the molecule is COc1cc(C=O)ccc1OCC(=O)Nc1sc2c(c1C#N)CC[C@@H](C(C)(C)C)C2. The summed E-state index contributed by atoms with van der Waals surface area (Å²) in [5.41, 5.74) is 2.32. The maximum Gasteiger partial charge on any atom is 0.262 e. The maximum atomic E-state index is 12.5. The van der Waals surface area contributed by atoms with Gasteiger partial charge in [-0.1, -0.05) is 20.8 Å². The summed E-state index contributed by atoms with van der Waals surface area (Å²) < 4.78 is 10.8. The average molecular weight is 427 g/mol. The zero-order valence-electron chi connectivity index (χ0n) is 17.7. The molecule has 6 nitrogen and oxygen atoms in total. The van der Waals surface area contributed by atoms with Crippen molar-refractivity contribution in [2.45, 2.75) is 40.0 Å². The Labute approximate surface area is 180 Å². The number of hydrogen-bond donors (Lipinski definition) is 1. The lowest BCUT2D eigenvalue weighted by molar-refractivity contribution is -0.118. The number of hydrogen-bond acceptors (Lipinski definition) is 6. The normalized spacial score (nSPS) is 15.6. The number of carbonyl (C=O) groups is 2. The van der Waals surface area contributed by atoms with Crippen LogP contribution in [0.2, 0.25) is 0 Å². The topological polar surface area (TPSA) is 88.4 Å². The van der Waals surface area contributed by atoms with Crippen molar-refractivity contribution < 1.29 is 19.1 Å². The van der Waals surface area contributed by atoms with Crippen LogP contribution in [-0.4, -0.2) is 25.9 Å². The Balaban J connectivity index is 1.70. The first-order chi connectivity index (χ1) is 14.3. The van der Waals surface area contributed by atoms with E-state index in [0.717, 1.165) is 24.8 Å². The Hall–Kier alpha value is -2.85. The highest BCUT2D eigenvalue weighted by Gasteiger charge is 2.32. The van der Waals surface area contributed by atoms with Crippen molar-refractivity contribution in [3.8, 4) is 17.6 Å². The number of nitrogens with zero attached hydrogens (tertiary/aromatic N) is 1. The van der Waals surface area contributed by atoms with Crippen molar-refractivity contribution in [2.24, 2.45) is 11.3 Å². The van der Waals surface area contributed by atoms with Crippen LogP contribution in [0.25, 0.3) is 0 Å². The molecule has 3 rings (SSSR count). The first-order valence-corrected chi connectivity index (χ1v) is 10.7. The van der Waals surface area contributed by atoms with Crippen molar-refractivity contribution >= 4 is 28.5 Å². The molecule has 7 heteroatoms. The first-order valence-electron chi connectivity index (χ1n) is 9.87. The van der Waals surface area contributed by atoms with Crippen LogP contribution >= 0.6 is 11.3 Å². The molecule has 2 aromatic rings. The van der Waals surface area contributed by atoms with Crippen LogP contribution in [0.3, 0.4) is 0 Å². The summed E-state index contributed by atoms with van der Waals surface area (Å²) in [4.78, 5) is 24.6. The molecule has 1 atom stereocenters. The molecule has 0 aliphatic heterocycles. The van der Waals surface area contributed by atoms with Gasteiger partial charge in [-0.05, 0) is 54.4 Å². The van der Waals surface area contributed by atoms with Gasteiger partial charge in [0.2, 0.25) is 0 Å². The predicted octanol–water partition coefficient (Wildman–Crippen LogP) is 4.61. The van der Waals surface area contributed by atoms with Crippen LogP contribution in [0.15, 0.2) is 18.2 Å². The summed E-state index contributed by atoms with van der Waals surface area (Å²) in [6.45, 7) is 6.51. The Morgan fingerprint density at radius 1 is 1.37 bits per heavy atom. The second kappa shape index (κ2) is 8.88. The van der Waals surface area contributed by atoms with Crippen LogP contribution in [-0.2, 0) is 17.6 Å². The van der Waals surface area contributed by atoms with E-state index in [0.29, 0.717) is 39.8 Å². The Morgan fingerprint density at radius 2 is 2.13 bits per heavy atom. The molecule has 1 N–H and O–H groups in total. The van der Waals surface area contributed by atoms with Crippen molar-refractivity contribution in [2.75, 3.05) is 19.0 Å². The number of carbonyl (C=O) groups excluding carboxylic acids is 2. The number of benzene rings is 1. The van der Waals surface area contributed by atoms with E-state index in [9.17, 15) is 14.9 Å². The molecule has 1 heterocycles. The molecule has 0 fully saturated rings. The van der Waals surface area contributed by atoms with Gasteiger partial charge in [-0.15, -0.1) is 11.3 Å². The quantitative estimate of drug-likeness (QED) is 0.682. The standard InChI is InChI=1S/C23H26N2O4S/c1-23(2,3)15-6-7-16-17(11-24)22(30-20(16)10-15)25-21(27)13-29-18-8-5-14(12-26)9-19(18)28-4/h5,8-9,12,15H,6-7,10,13H2,1-4H3,(H,25,27)/t15-/m1/s1. The molecule has 1 aromatic heterocycles. The van der Waals surface area contributed by atoms with Crippen LogP contribution in [0.4, 0.5) is 5.00 Å². The minimum atomic E-state index is -0.348. The molecule has 1 aliphatic rings. The highest BCUT2D eigenvalue weighted by molar-refractivity contribution is 7.16. The van der Waals surface area contributed by atoms with Crippen molar-refractivity contribution in [3.05, 3.63) is 39.8 Å². The van der Waals surface area contributed by atoms with E-state index < -0.39 is 0 Å². The van der Waals surface area contributed by atoms with E-state index in [1.807, 2.05) is 0 Å². The van der Waals surface area contributed by atoms with E-state index in [4.69, 9.17) is 9.47 Å². The third kappa shape index (κ3) is 4.65. The molecular formula is C23H26N2O4S. The number of nitrogens with one attached hydrogen (secondary N) is 1. The van der Waals surface area contributed by atoms with Crippen molar-refractivity contribution in [1.29, 1.82) is 5.26 Å². The number of rotatable bonds is 6. The first kappa shape index (κ1) is 21.8. The zero-order valence-corrected chi connectivity index (χ0v) is 18.5. The van der Waals surface area contributed by atoms with Gasteiger partial charge >= 0.3 is 0 Å². The molecule has 158 valence electrons. The van der Waals surface area contributed by atoms with Gasteiger partial charge in [0.25, 0.3) is 5.91 Å². The van der Waals surface area contributed by atoms with E-state index in [-0.39, 0.29) is 17.9 Å². The van der Waals surface area contributed by atoms with Crippen LogP contribution in [0, 0.1) is 22.7 Å². The van der Waals surface area contributed by atoms with Crippen LogP contribution in [0.1, 0.15) is 53.6 Å². The molecule has 30 heavy (non-hydrogen) atoms. The monoisotopic (exact) mass is 426 g/mol. The molecular weight excluding hydrogens is 400 g/mol. The number of ether oxygens (including phenoxy) is 2. The largest absolute Gasteiger partial charge is 0.493 e. The minimum absolute atomic E-state index is 0.212. The fraction of sp³-hybridized carbons (Fsp3) is 0.435. The Bertz CT molecular complexity index is 998. The fourth-order valence-electron chi connectivity index (χ4n) is 3.71. The van der Waals surface area contributed by atoms with Crippen molar-refractivity contribution in [3.63, 3.8) is 0 Å². The average Bonchev–Trinajstić information content (AvgIpc) is 3.07. The van der Waals surface area contributed by atoms with Crippen molar-refractivity contribution in [1.82, 2.24) is 0 Å². The minimum Gasteiger partial charge on any atom is -0.493 e. The van der Waals surface area contributed by atoms with Gasteiger partial charge in [0.05, 0.1) is 12.7 Å². The summed E-state index contributed by atoms with van der Waals surface area (Å²) in [5, 5.41) is 13.1. The van der Waals surface area contributed by atoms with Gasteiger partial charge in [0.15, 0.2) is 18.1 Å². The van der Waals surface area contributed by atoms with Gasteiger partial charge in [-0.3, -0.25) is 9.59 Å². The Kier molecular flexibility index (Phi) is 6.47. The molecule has 1 amide bonds. The fourth-order valence-corrected chi connectivity index (χ4v) is 5.01. The van der Waals surface area contributed by atoms with Crippen LogP contribution < -0.4 is 14.8 Å². The molecule has 0 radical (unpaired) electrons. The van der Waals surface area contributed by atoms with Crippen LogP contribution in [0.5, 0.6) is 11.5 Å². The lowest BCUT2D eigenvalue weighted by Crippen LogP contribution is -2.26. The number of aldehydes is 1. The number of nitriles is 1. The zero-order chi connectivity index (χ0) is 21.9. The lowest BCUT2D eigenvalue weighted by atomic mass is 9.72. The summed E-state index contributed by atoms with van der Waals surface area (Å²) in [6.07, 6.45) is 3.56. The number of anilines is 1. The highest BCUT2D eigenvalue weighted by atomic mass is 32.1. The third-order valence-electron chi connectivity index (χ3n) is 5.54. The molecule has 0 saturated carbocycles.